The molecule has 8 rings (SSSR count). The van der Waals surface area contributed by atoms with Gasteiger partial charge in [-0.25, -0.2) is 0 Å². The Morgan fingerprint density at radius 1 is 0.766 bits per heavy atom. The van der Waals surface area contributed by atoms with Crippen molar-refractivity contribution in [1.29, 1.82) is 0 Å². The summed E-state index contributed by atoms with van der Waals surface area (Å²) >= 11 is 3.67. The molecule has 1 saturated carbocycles. The van der Waals surface area contributed by atoms with Crippen molar-refractivity contribution in [2.45, 2.75) is 90.3 Å². The fourth-order valence-corrected chi connectivity index (χ4v) is 9.32. The lowest BCUT2D eigenvalue weighted by atomic mass is 9.74. The van der Waals surface area contributed by atoms with Crippen molar-refractivity contribution >= 4 is 34.0 Å². The fourth-order valence-electron chi connectivity index (χ4n) is 7.26. The van der Waals surface area contributed by atoms with Crippen molar-refractivity contribution in [2.75, 3.05) is 20.3 Å². The first-order valence-electron chi connectivity index (χ1n) is 17.2. The molecule has 2 aromatic heterocycles. The maximum Gasteiger partial charge on any atom is 0.119 e. The Balaban J connectivity index is 1.33. The predicted molar refractivity (Wildman–Crippen MR) is 197 cm³/mol. The van der Waals surface area contributed by atoms with Gasteiger partial charge in [-0.3, -0.25) is 0 Å². The zero-order chi connectivity index (χ0) is 32.6. The Morgan fingerprint density at radius 2 is 1.45 bits per heavy atom. The van der Waals surface area contributed by atoms with Crippen molar-refractivity contribution in [3.63, 3.8) is 0 Å². The van der Waals surface area contributed by atoms with E-state index in [0.717, 1.165) is 81.7 Å². The molecule has 4 aliphatic rings. The van der Waals surface area contributed by atoms with Crippen LogP contribution in [0.25, 0.3) is 20.9 Å². The molecule has 0 radical (unpaired) electrons. The third kappa shape index (κ3) is 8.14. The summed E-state index contributed by atoms with van der Waals surface area (Å²) in [6.07, 6.45) is 13.7. The summed E-state index contributed by atoms with van der Waals surface area (Å²) in [5.74, 6) is 1.56. The van der Waals surface area contributed by atoms with Crippen LogP contribution in [0.4, 0.5) is 11.4 Å². The molecule has 5 nitrogen and oxygen atoms in total. The number of nitrogens with zero attached hydrogens (tertiary/aromatic N) is 2. The van der Waals surface area contributed by atoms with Crippen molar-refractivity contribution in [2.24, 2.45) is 16.1 Å². The van der Waals surface area contributed by atoms with Crippen LogP contribution in [0.5, 0.6) is 5.75 Å². The van der Waals surface area contributed by atoms with E-state index >= 15 is 0 Å². The lowest BCUT2D eigenvalue weighted by Gasteiger charge is -2.41. The zero-order valence-electron chi connectivity index (χ0n) is 28.2. The molecule has 0 spiro atoms. The van der Waals surface area contributed by atoms with Crippen LogP contribution in [-0.4, -0.2) is 32.5 Å². The van der Waals surface area contributed by atoms with E-state index in [1.54, 1.807) is 0 Å². The molecule has 0 saturated heterocycles. The van der Waals surface area contributed by atoms with E-state index in [4.69, 9.17) is 14.2 Å². The first kappa shape index (κ1) is 33.8. The molecule has 7 heteroatoms. The van der Waals surface area contributed by atoms with Gasteiger partial charge in [-0.1, -0.05) is 19.1 Å². The van der Waals surface area contributed by atoms with Crippen molar-refractivity contribution < 1.29 is 14.2 Å². The number of rotatable bonds is 1. The third-order valence-electron chi connectivity index (χ3n) is 9.62. The zero-order valence-corrected chi connectivity index (χ0v) is 29.9. The van der Waals surface area contributed by atoms with Gasteiger partial charge in [0, 0.05) is 30.1 Å². The number of hydrogen-bond acceptors (Lipinski definition) is 7. The second-order valence-electron chi connectivity index (χ2n) is 13.0. The summed E-state index contributed by atoms with van der Waals surface area (Å²) in [5.41, 5.74) is 8.00. The minimum absolute atomic E-state index is 0.128. The van der Waals surface area contributed by atoms with Crippen LogP contribution in [0.1, 0.15) is 80.9 Å². The number of benzene rings is 2. The largest absolute Gasteiger partial charge is 0.494 e. The van der Waals surface area contributed by atoms with Gasteiger partial charge in [-0.05, 0) is 153 Å². The molecule has 0 unspecified atom stereocenters. The molecule has 2 aromatic carbocycles. The Labute approximate surface area is 288 Å². The maximum atomic E-state index is 6.74. The Hall–Kier alpha value is -3.10. The minimum atomic E-state index is 0.128. The molecule has 0 N–H and O–H groups in total. The molecule has 4 atom stereocenters. The van der Waals surface area contributed by atoms with E-state index in [-0.39, 0.29) is 18.1 Å². The first-order chi connectivity index (χ1) is 23.0. The van der Waals surface area contributed by atoms with E-state index in [0.29, 0.717) is 5.92 Å². The first-order valence-corrected chi connectivity index (χ1v) is 19.0. The maximum absolute atomic E-state index is 6.74. The number of methoxy groups -OCH3 is 1. The fraction of sp³-hybridized carbons (Fsp3) is 0.450. The lowest BCUT2D eigenvalue weighted by molar-refractivity contribution is -0.0718. The summed E-state index contributed by atoms with van der Waals surface area (Å²) in [4.78, 5) is 2.67. The molecule has 3 aliphatic heterocycles. The van der Waals surface area contributed by atoms with Crippen LogP contribution in [0.3, 0.4) is 0 Å². The minimum Gasteiger partial charge on any atom is -0.494 e. The molecule has 248 valence electrons. The highest BCUT2D eigenvalue weighted by atomic mass is 32.1. The van der Waals surface area contributed by atoms with Crippen molar-refractivity contribution in [1.82, 2.24) is 0 Å². The van der Waals surface area contributed by atoms with Gasteiger partial charge in [0.15, 0.2) is 0 Å². The molecule has 1 aliphatic carbocycles. The van der Waals surface area contributed by atoms with Crippen molar-refractivity contribution in [3.05, 3.63) is 88.1 Å². The topological polar surface area (TPSA) is 52.4 Å². The summed E-state index contributed by atoms with van der Waals surface area (Å²) < 4.78 is 19.0. The summed E-state index contributed by atoms with van der Waals surface area (Å²) in [7, 11) is 1.88. The summed E-state index contributed by atoms with van der Waals surface area (Å²) in [5, 5.41) is 13.6. The van der Waals surface area contributed by atoms with Crippen LogP contribution < -0.4 is 4.74 Å². The van der Waals surface area contributed by atoms with Crippen molar-refractivity contribution in [3.8, 4) is 26.6 Å². The van der Waals surface area contributed by atoms with Gasteiger partial charge in [-0.2, -0.15) is 10.2 Å². The molecular formula is C40H48N2O3S2. The van der Waals surface area contributed by atoms with Crippen LogP contribution in [0.15, 0.2) is 81.7 Å². The number of hydrogen-bond donors (Lipinski definition) is 0. The Morgan fingerprint density at radius 3 is 2.19 bits per heavy atom. The van der Waals surface area contributed by atoms with Gasteiger partial charge in [0.05, 0.1) is 35.1 Å². The van der Waals surface area contributed by atoms with Crippen LogP contribution in [0.2, 0.25) is 0 Å². The molecule has 4 aromatic rings. The number of fused-ring (bicyclic) bond motifs is 2. The molecule has 1 fully saturated rings. The van der Waals surface area contributed by atoms with E-state index in [1.807, 2.05) is 54.0 Å². The van der Waals surface area contributed by atoms with Gasteiger partial charge in [-0.15, -0.1) is 22.7 Å². The van der Waals surface area contributed by atoms with Gasteiger partial charge < -0.3 is 14.2 Å². The molecule has 0 amide bonds. The Kier molecular flexibility index (Phi) is 11.7. The highest BCUT2D eigenvalue weighted by Crippen LogP contribution is 2.49. The van der Waals surface area contributed by atoms with Crippen LogP contribution >= 0.6 is 22.7 Å². The van der Waals surface area contributed by atoms with E-state index < -0.39 is 0 Å². The van der Waals surface area contributed by atoms with E-state index in [9.17, 15) is 0 Å². The standard InChI is InChI=1S/C40H48N2O3S2/c1-27-13-18-35-37(38(27)43-4)34-20-24-47-40(34)39-33(19-23-46-39)36-28(2)25-31(26-29(36)3)42-41-30-14-16-32(17-15-30)44-21-11-9-7-5-6-8-10-12-22-45-35/h5-6,14-17,19-20,23-27,35,37-38H,7-13,18,21-22H2,1-4H3/b6-5-,42-41?/t27-,35+,37+,38-/m1/s1. The van der Waals surface area contributed by atoms with E-state index in [1.165, 1.54) is 37.6 Å². The smallest absolute Gasteiger partial charge is 0.119 e. The Bertz CT molecular complexity index is 1630. The lowest BCUT2D eigenvalue weighted by Crippen LogP contribution is -2.42. The number of thiophene rings is 2. The molecule has 47 heavy (non-hydrogen) atoms. The van der Waals surface area contributed by atoms with Crippen LogP contribution in [-0.2, 0) is 9.47 Å². The van der Waals surface area contributed by atoms with Gasteiger partial charge in [0.1, 0.15) is 5.75 Å². The second kappa shape index (κ2) is 16.3. The number of ether oxygens (including phenoxy) is 3. The monoisotopic (exact) mass is 668 g/mol. The number of aryl methyl sites for hydroxylation is 2. The van der Waals surface area contributed by atoms with Crippen LogP contribution in [0, 0.1) is 19.8 Å². The average Bonchev–Trinajstić information content (AvgIpc) is 3.74. The SMILES string of the molecule is CO[C@H]1[C@H]2c3ccsc3-c3sccc3-c3c(C)cc(cc3C)N=Nc3ccc(cc3)OCCCC/C=C\CCCCO[C@H]2CC[C@H]1C. The summed E-state index contributed by atoms with van der Waals surface area (Å²) in [6.45, 7) is 8.23. The average molecular weight is 669 g/mol. The van der Waals surface area contributed by atoms with Gasteiger partial charge in [0.25, 0.3) is 0 Å². The second-order valence-corrected chi connectivity index (χ2v) is 14.9. The quantitative estimate of drug-likeness (QED) is 0.190. The van der Waals surface area contributed by atoms with E-state index in [2.05, 4.69) is 78.2 Å². The molecule has 4 bridgehead atoms. The third-order valence-corrected chi connectivity index (χ3v) is 11.6. The highest BCUT2D eigenvalue weighted by Gasteiger charge is 2.41. The highest BCUT2D eigenvalue weighted by molar-refractivity contribution is 7.21. The van der Waals surface area contributed by atoms with Gasteiger partial charge >= 0.3 is 0 Å². The molecule has 5 heterocycles. The number of azo groups is 1. The van der Waals surface area contributed by atoms with Gasteiger partial charge in [0.2, 0.25) is 0 Å². The normalized spacial score (nSPS) is 23.6. The molecular weight excluding hydrogens is 621 g/mol. The predicted octanol–water partition coefficient (Wildman–Crippen LogP) is 12.4. The summed E-state index contributed by atoms with van der Waals surface area (Å²) in [6, 6.07) is 16.8. The number of allylic oxidation sites excluding steroid dienone is 2.